The van der Waals surface area contributed by atoms with Gasteiger partial charge in [0.1, 0.15) is 0 Å². The first-order chi connectivity index (χ1) is 7.66. The molecule has 7 nitrogen and oxygen atoms in total. The van der Waals surface area contributed by atoms with E-state index in [4.69, 9.17) is 0 Å². The molecular weight excluding hydrogens is 214 g/mol. The average Bonchev–Trinajstić information content (AvgIpc) is 2.59. The number of nitrogens with zero attached hydrogens (tertiary/aromatic N) is 1. The zero-order valence-electron chi connectivity index (χ0n) is 7.97. The first kappa shape index (κ1) is 9.97. The summed E-state index contributed by atoms with van der Waals surface area (Å²) in [5.74, 6) is -0.738. The lowest BCUT2D eigenvalue weighted by Crippen LogP contribution is -2.30. The van der Waals surface area contributed by atoms with E-state index < -0.39 is 17.3 Å². The fraction of sp³-hybridized carbons (Fsp3) is 0. The van der Waals surface area contributed by atoms with E-state index in [1.165, 1.54) is 12.1 Å². The van der Waals surface area contributed by atoms with Crippen LogP contribution in [-0.2, 0) is 0 Å². The maximum absolute atomic E-state index is 11.5. The van der Waals surface area contributed by atoms with E-state index in [-0.39, 0.29) is 5.56 Å². The number of nitrogens with one attached hydrogen (secondary N) is 2. The standard InChI is InChI=1S/C9H7N3O4/c13-7(6-4-2-1-3-5-6)16-12-9(15)10-8(14)11-12/h1-5H,(H2,10,11,14,15). The molecule has 0 bridgehead atoms. The van der Waals surface area contributed by atoms with Crippen LogP contribution in [0.3, 0.4) is 0 Å². The summed E-state index contributed by atoms with van der Waals surface area (Å²) < 4.78 is 0. The topological polar surface area (TPSA) is 96.9 Å². The summed E-state index contributed by atoms with van der Waals surface area (Å²) in [6.45, 7) is 0. The second kappa shape index (κ2) is 3.89. The molecule has 7 heteroatoms. The SMILES string of the molecule is O=C(On1[nH]c(=O)[nH]c1=O)c1ccccc1. The Kier molecular flexibility index (Phi) is 2.42. The van der Waals surface area contributed by atoms with Crippen LogP contribution in [0.2, 0.25) is 0 Å². The van der Waals surface area contributed by atoms with Gasteiger partial charge in [-0.1, -0.05) is 18.2 Å². The van der Waals surface area contributed by atoms with E-state index in [0.29, 0.717) is 4.85 Å². The molecule has 0 aliphatic rings. The predicted octanol–water partition coefficient (Wildman–Crippen LogP) is -0.866. The molecule has 1 heterocycles. The molecule has 1 aromatic heterocycles. The Morgan fingerprint density at radius 3 is 2.44 bits per heavy atom. The molecule has 0 atom stereocenters. The lowest BCUT2D eigenvalue weighted by molar-refractivity contribution is 0.0370. The monoisotopic (exact) mass is 221 g/mol. The largest absolute Gasteiger partial charge is 0.379 e. The Labute approximate surface area is 88.2 Å². The van der Waals surface area contributed by atoms with Crippen LogP contribution in [0.15, 0.2) is 39.9 Å². The van der Waals surface area contributed by atoms with Crippen molar-refractivity contribution in [1.82, 2.24) is 14.9 Å². The third-order valence-corrected chi connectivity index (χ3v) is 1.79. The number of benzene rings is 1. The van der Waals surface area contributed by atoms with Crippen LogP contribution in [0.1, 0.15) is 10.4 Å². The lowest BCUT2D eigenvalue weighted by Gasteiger charge is -2.00. The number of aromatic amines is 2. The number of rotatable bonds is 2. The molecule has 0 unspecified atom stereocenters. The van der Waals surface area contributed by atoms with Crippen LogP contribution >= 0.6 is 0 Å². The molecule has 2 rings (SSSR count). The Bertz CT molecular complexity index is 607. The van der Waals surface area contributed by atoms with Crippen LogP contribution in [0.4, 0.5) is 0 Å². The first-order valence-corrected chi connectivity index (χ1v) is 4.36. The maximum atomic E-state index is 11.5. The second-order valence-electron chi connectivity index (χ2n) is 2.91. The van der Waals surface area contributed by atoms with Gasteiger partial charge in [-0.3, -0.25) is 4.98 Å². The molecule has 2 N–H and O–H groups in total. The zero-order chi connectivity index (χ0) is 11.5. The molecule has 0 saturated heterocycles. The smallest absolute Gasteiger partial charge is 0.310 e. The number of H-pyrrole nitrogens is 2. The van der Waals surface area contributed by atoms with Crippen molar-refractivity contribution in [3.05, 3.63) is 56.9 Å². The zero-order valence-corrected chi connectivity index (χ0v) is 7.97. The number of hydrogen-bond donors (Lipinski definition) is 2. The highest BCUT2D eigenvalue weighted by Crippen LogP contribution is 1.97. The van der Waals surface area contributed by atoms with Crippen molar-refractivity contribution in [2.45, 2.75) is 0 Å². The molecule has 0 aliphatic carbocycles. The van der Waals surface area contributed by atoms with Crippen molar-refractivity contribution in [3.8, 4) is 0 Å². The van der Waals surface area contributed by atoms with Crippen LogP contribution in [0.5, 0.6) is 0 Å². The Balaban J connectivity index is 2.24. The fourth-order valence-electron chi connectivity index (χ4n) is 1.09. The van der Waals surface area contributed by atoms with Crippen LogP contribution in [-0.4, -0.2) is 20.9 Å². The summed E-state index contributed by atoms with van der Waals surface area (Å²) in [5, 5.41) is 1.99. The summed E-state index contributed by atoms with van der Waals surface area (Å²) in [5.41, 5.74) is -1.31. The fourth-order valence-corrected chi connectivity index (χ4v) is 1.09. The van der Waals surface area contributed by atoms with Gasteiger partial charge in [0.2, 0.25) is 0 Å². The lowest BCUT2D eigenvalue weighted by atomic mass is 10.2. The minimum atomic E-state index is -0.839. The van der Waals surface area contributed by atoms with Gasteiger partial charge in [-0.2, -0.15) is 0 Å². The van der Waals surface area contributed by atoms with Crippen molar-refractivity contribution in [1.29, 1.82) is 0 Å². The van der Waals surface area contributed by atoms with Gasteiger partial charge in [-0.15, -0.1) is 0 Å². The normalized spacial score (nSPS) is 10.0. The Morgan fingerprint density at radius 1 is 1.19 bits per heavy atom. The van der Waals surface area contributed by atoms with Crippen molar-refractivity contribution in [2.24, 2.45) is 0 Å². The van der Waals surface area contributed by atoms with E-state index in [1.807, 2.05) is 10.1 Å². The van der Waals surface area contributed by atoms with Crippen molar-refractivity contribution < 1.29 is 9.63 Å². The summed E-state index contributed by atoms with van der Waals surface area (Å²) in [7, 11) is 0. The van der Waals surface area contributed by atoms with Crippen LogP contribution in [0.25, 0.3) is 0 Å². The van der Waals surface area contributed by atoms with E-state index >= 15 is 0 Å². The number of carbonyl (C=O) groups excluding carboxylic acids is 1. The van der Waals surface area contributed by atoms with Gasteiger partial charge in [0.25, 0.3) is 0 Å². The molecule has 2 aromatic rings. The van der Waals surface area contributed by atoms with Crippen LogP contribution < -0.4 is 16.2 Å². The predicted molar refractivity (Wildman–Crippen MR) is 53.0 cm³/mol. The molecule has 0 aliphatic heterocycles. The summed E-state index contributed by atoms with van der Waals surface area (Å²) in [4.78, 5) is 40.1. The summed E-state index contributed by atoms with van der Waals surface area (Å²) in [6.07, 6.45) is 0. The van der Waals surface area contributed by atoms with E-state index in [0.717, 1.165) is 0 Å². The molecule has 0 fully saturated rings. The van der Waals surface area contributed by atoms with Gasteiger partial charge in [-0.05, 0) is 17.0 Å². The molecule has 0 saturated carbocycles. The van der Waals surface area contributed by atoms with E-state index in [9.17, 15) is 14.4 Å². The third-order valence-electron chi connectivity index (χ3n) is 1.79. The Morgan fingerprint density at radius 2 is 1.88 bits per heavy atom. The Hall–Kier alpha value is -2.57. The number of hydrogen-bond acceptors (Lipinski definition) is 4. The minimum Gasteiger partial charge on any atom is -0.310 e. The first-order valence-electron chi connectivity index (χ1n) is 4.36. The molecule has 1 aromatic carbocycles. The number of carbonyl (C=O) groups is 1. The second-order valence-corrected chi connectivity index (χ2v) is 2.91. The third kappa shape index (κ3) is 1.92. The average molecular weight is 221 g/mol. The molecule has 16 heavy (non-hydrogen) atoms. The van der Waals surface area contributed by atoms with Crippen molar-refractivity contribution in [3.63, 3.8) is 0 Å². The van der Waals surface area contributed by atoms with Gasteiger partial charge in [-0.25, -0.2) is 19.5 Å². The van der Waals surface area contributed by atoms with E-state index in [1.54, 1.807) is 18.2 Å². The minimum absolute atomic E-state index is 0.274. The van der Waals surface area contributed by atoms with Gasteiger partial charge in [0.15, 0.2) is 0 Å². The van der Waals surface area contributed by atoms with Gasteiger partial charge < -0.3 is 4.84 Å². The molecule has 0 amide bonds. The highest BCUT2D eigenvalue weighted by molar-refractivity contribution is 5.89. The van der Waals surface area contributed by atoms with Crippen molar-refractivity contribution in [2.75, 3.05) is 0 Å². The van der Waals surface area contributed by atoms with Crippen molar-refractivity contribution >= 4 is 5.97 Å². The van der Waals surface area contributed by atoms with Crippen LogP contribution in [0, 0.1) is 0 Å². The summed E-state index contributed by atoms with van der Waals surface area (Å²) >= 11 is 0. The van der Waals surface area contributed by atoms with Gasteiger partial charge in [0.05, 0.1) is 5.56 Å². The molecule has 82 valence electrons. The molecular formula is C9H7N3O4. The van der Waals surface area contributed by atoms with Gasteiger partial charge >= 0.3 is 17.3 Å². The highest BCUT2D eigenvalue weighted by atomic mass is 16.7. The van der Waals surface area contributed by atoms with E-state index in [2.05, 4.69) is 4.84 Å². The molecule has 0 spiro atoms. The highest BCUT2D eigenvalue weighted by Gasteiger charge is 2.10. The number of aromatic nitrogens is 3. The molecule has 0 radical (unpaired) electrons. The summed E-state index contributed by atoms with van der Waals surface area (Å²) in [6, 6.07) is 8.09. The quantitative estimate of drug-likeness (QED) is 0.689. The maximum Gasteiger partial charge on any atom is 0.379 e. The van der Waals surface area contributed by atoms with Gasteiger partial charge in [0, 0.05) is 0 Å².